The summed E-state index contributed by atoms with van der Waals surface area (Å²) in [5.74, 6) is -0.594. The molecule has 0 amide bonds. The molecular weight excluding hydrogens is 284 g/mol. The summed E-state index contributed by atoms with van der Waals surface area (Å²) in [6.45, 7) is 16.2. The molecule has 0 bridgehead atoms. The van der Waals surface area contributed by atoms with Crippen LogP contribution in [-0.2, 0) is 19.1 Å². The number of rotatable bonds is 4. The lowest BCUT2D eigenvalue weighted by Crippen LogP contribution is -2.52. The van der Waals surface area contributed by atoms with Gasteiger partial charge in [-0.1, -0.05) is 13.2 Å². The molecule has 2 spiro atoms. The molecule has 0 radical (unpaired) electrons. The molecule has 0 aliphatic carbocycles. The molecule has 3 rings (SSSR count). The number of quaternary nitrogens is 2. The maximum absolute atomic E-state index is 11.6. The van der Waals surface area contributed by atoms with Crippen LogP contribution in [0.3, 0.4) is 0 Å². The minimum atomic E-state index is -0.297. The van der Waals surface area contributed by atoms with Crippen LogP contribution in [0, 0.1) is 0 Å². The molecule has 0 aromatic rings. The van der Waals surface area contributed by atoms with Crippen molar-refractivity contribution in [3.05, 3.63) is 24.3 Å². The predicted molar refractivity (Wildman–Crippen MR) is 79.1 cm³/mol. The summed E-state index contributed by atoms with van der Waals surface area (Å²) in [5.41, 5.74) is 0.895. The maximum Gasteiger partial charge on any atom is 0.337 e. The van der Waals surface area contributed by atoms with Crippen molar-refractivity contribution in [1.82, 2.24) is 0 Å². The molecule has 22 heavy (non-hydrogen) atoms. The Labute approximate surface area is 130 Å². The maximum atomic E-state index is 11.6. The highest BCUT2D eigenvalue weighted by Gasteiger charge is 2.68. The highest BCUT2D eigenvalue weighted by molar-refractivity contribution is 5.87. The van der Waals surface area contributed by atoms with E-state index in [1.165, 1.54) is 0 Å². The third-order valence-corrected chi connectivity index (χ3v) is 5.16. The zero-order chi connectivity index (χ0) is 16.1. The summed E-state index contributed by atoms with van der Waals surface area (Å²) in [7, 11) is 0. The smallest absolute Gasteiger partial charge is 0.337 e. The number of carbonyl (C=O) groups is 2. The largest absolute Gasteiger partial charge is 0.403 e. The van der Waals surface area contributed by atoms with Crippen molar-refractivity contribution in [3.63, 3.8) is 0 Å². The molecule has 3 saturated heterocycles. The van der Waals surface area contributed by atoms with Crippen LogP contribution in [0.4, 0.5) is 0 Å². The third-order valence-electron chi connectivity index (χ3n) is 5.16. The second-order valence-corrected chi connectivity index (χ2v) is 6.98. The molecular formula is C16H24N2O4+2. The standard InChI is InChI=1S/C16H24N2O4/c1-11(2)15(19)21-13-9-17(13)5-7-18(8-6-17)10-14(18)22-16(20)12(3)4/h13-14H,1,3,5-10H2,2,4H3/q+2. The first-order valence-electron chi connectivity index (χ1n) is 7.73. The molecule has 0 saturated carbocycles. The fourth-order valence-corrected chi connectivity index (χ4v) is 3.24. The molecule has 6 heteroatoms. The molecule has 0 N–H and O–H groups in total. The molecule has 3 heterocycles. The van der Waals surface area contributed by atoms with E-state index in [1.807, 2.05) is 0 Å². The van der Waals surface area contributed by atoms with E-state index in [0.29, 0.717) is 11.1 Å². The van der Waals surface area contributed by atoms with Gasteiger partial charge in [0.1, 0.15) is 26.2 Å². The molecule has 120 valence electrons. The molecule has 6 nitrogen and oxygen atoms in total. The van der Waals surface area contributed by atoms with Crippen molar-refractivity contribution in [2.24, 2.45) is 0 Å². The monoisotopic (exact) mass is 308 g/mol. The van der Waals surface area contributed by atoms with Crippen LogP contribution in [0.15, 0.2) is 24.3 Å². The van der Waals surface area contributed by atoms with E-state index in [1.54, 1.807) is 13.8 Å². The van der Waals surface area contributed by atoms with Gasteiger partial charge in [-0.05, 0) is 13.8 Å². The van der Waals surface area contributed by atoms with Gasteiger partial charge in [0, 0.05) is 11.1 Å². The van der Waals surface area contributed by atoms with Gasteiger partial charge in [0.05, 0.1) is 0 Å². The zero-order valence-electron chi connectivity index (χ0n) is 13.3. The first-order valence-corrected chi connectivity index (χ1v) is 7.73. The van der Waals surface area contributed by atoms with E-state index in [4.69, 9.17) is 9.47 Å². The summed E-state index contributed by atoms with van der Waals surface area (Å²) >= 11 is 0. The van der Waals surface area contributed by atoms with E-state index < -0.39 is 0 Å². The van der Waals surface area contributed by atoms with E-state index >= 15 is 0 Å². The van der Waals surface area contributed by atoms with Gasteiger partial charge in [0.25, 0.3) is 12.5 Å². The fraction of sp³-hybridized carbons (Fsp3) is 0.625. The normalized spacial score (nSPS) is 38.5. The van der Waals surface area contributed by atoms with Crippen LogP contribution in [0.2, 0.25) is 0 Å². The molecule has 0 aromatic heterocycles. The van der Waals surface area contributed by atoms with E-state index in [2.05, 4.69) is 13.2 Å². The van der Waals surface area contributed by atoms with Gasteiger partial charge >= 0.3 is 11.9 Å². The average Bonchev–Trinajstić information content (AvgIpc) is 3.31. The van der Waals surface area contributed by atoms with Gasteiger partial charge in [0.2, 0.25) is 0 Å². The lowest BCUT2D eigenvalue weighted by Gasteiger charge is -2.30. The van der Waals surface area contributed by atoms with Crippen molar-refractivity contribution in [3.8, 4) is 0 Å². The minimum Gasteiger partial charge on any atom is -0.403 e. The number of ether oxygens (including phenoxy) is 2. The van der Waals surface area contributed by atoms with Crippen molar-refractivity contribution in [2.45, 2.75) is 26.3 Å². The minimum absolute atomic E-state index is 0.0130. The SMILES string of the molecule is C=C(C)C(=O)OC1C[N+]12CC[N+]1(CC2)CC1OC(=O)C(=C)C. The van der Waals surface area contributed by atoms with Gasteiger partial charge in [0.15, 0.2) is 13.1 Å². The Kier molecular flexibility index (Phi) is 3.41. The Morgan fingerprint density at radius 3 is 1.41 bits per heavy atom. The molecule has 3 aliphatic heterocycles. The van der Waals surface area contributed by atoms with Crippen LogP contribution in [0.25, 0.3) is 0 Å². The quantitative estimate of drug-likeness (QED) is 0.329. The number of hydrogen-bond donors (Lipinski definition) is 0. The number of hydrogen-bond acceptors (Lipinski definition) is 4. The number of piperazine rings is 1. The lowest BCUT2D eigenvalue weighted by atomic mass is 10.3. The molecule has 0 aromatic carbocycles. The van der Waals surface area contributed by atoms with Crippen molar-refractivity contribution < 1.29 is 28.0 Å². The number of carbonyl (C=O) groups excluding carboxylic acids is 2. The van der Waals surface area contributed by atoms with Crippen molar-refractivity contribution in [2.75, 3.05) is 39.3 Å². The molecule has 2 unspecified atom stereocenters. The van der Waals surface area contributed by atoms with Gasteiger partial charge in [-0.25, -0.2) is 9.59 Å². The van der Waals surface area contributed by atoms with Crippen LogP contribution >= 0.6 is 0 Å². The van der Waals surface area contributed by atoms with E-state index in [0.717, 1.165) is 48.2 Å². The summed E-state index contributed by atoms with van der Waals surface area (Å²) < 4.78 is 12.6. The summed E-state index contributed by atoms with van der Waals surface area (Å²) in [5, 5.41) is 0. The first-order chi connectivity index (χ1) is 10.3. The topological polar surface area (TPSA) is 52.6 Å². The molecule has 3 fully saturated rings. The lowest BCUT2D eigenvalue weighted by molar-refractivity contribution is -0.939. The zero-order valence-corrected chi connectivity index (χ0v) is 13.3. The Bertz CT molecular complexity index is 510. The van der Waals surface area contributed by atoms with Gasteiger partial charge < -0.3 is 9.47 Å². The Hall–Kier alpha value is -1.66. The highest BCUT2D eigenvalue weighted by atomic mass is 16.6. The van der Waals surface area contributed by atoms with Gasteiger partial charge in [-0.15, -0.1) is 0 Å². The fourth-order valence-electron chi connectivity index (χ4n) is 3.24. The first kappa shape index (κ1) is 15.2. The molecule has 2 atom stereocenters. The Morgan fingerprint density at radius 1 is 0.818 bits per heavy atom. The van der Waals surface area contributed by atoms with Crippen LogP contribution in [-0.4, -0.2) is 72.6 Å². The van der Waals surface area contributed by atoms with Crippen LogP contribution < -0.4 is 0 Å². The predicted octanol–water partition coefficient (Wildman–Crippen LogP) is 0.552. The number of esters is 2. The van der Waals surface area contributed by atoms with Crippen molar-refractivity contribution in [1.29, 1.82) is 0 Å². The highest BCUT2D eigenvalue weighted by Crippen LogP contribution is 2.42. The van der Waals surface area contributed by atoms with Gasteiger partial charge in [-0.2, -0.15) is 0 Å². The second-order valence-electron chi connectivity index (χ2n) is 6.98. The van der Waals surface area contributed by atoms with Crippen LogP contribution in [0.5, 0.6) is 0 Å². The van der Waals surface area contributed by atoms with Crippen LogP contribution in [0.1, 0.15) is 13.8 Å². The number of nitrogens with zero attached hydrogens (tertiary/aromatic N) is 2. The third kappa shape index (κ3) is 2.57. The van der Waals surface area contributed by atoms with Crippen molar-refractivity contribution >= 4 is 11.9 Å². The van der Waals surface area contributed by atoms with E-state index in [9.17, 15) is 9.59 Å². The summed E-state index contributed by atoms with van der Waals surface area (Å²) in [6.07, 6.45) is -0.0261. The van der Waals surface area contributed by atoms with Gasteiger partial charge in [-0.3, -0.25) is 8.97 Å². The molecule has 3 aliphatic rings. The van der Waals surface area contributed by atoms with E-state index in [-0.39, 0.29) is 24.4 Å². The second kappa shape index (κ2) is 4.93. The summed E-state index contributed by atoms with van der Waals surface area (Å²) in [4.78, 5) is 23.2. The average molecular weight is 308 g/mol. The summed E-state index contributed by atoms with van der Waals surface area (Å²) in [6, 6.07) is 0. The Balaban J connectivity index is 1.49. The Morgan fingerprint density at radius 2 is 1.14 bits per heavy atom.